The topological polar surface area (TPSA) is 75.2 Å². The zero-order valence-corrected chi connectivity index (χ0v) is 19.4. The number of hydrogen-bond acceptors (Lipinski definition) is 4. The molecule has 4 aromatic rings. The highest BCUT2D eigenvalue weighted by atomic mass is 19.4. The van der Waals surface area contributed by atoms with Gasteiger partial charge in [0.1, 0.15) is 28.9 Å². The summed E-state index contributed by atoms with van der Waals surface area (Å²) in [5, 5.41) is 18.8. The predicted octanol–water partition coefficient (Wildman–Crippen LogP) is 6.57. The quantitative estimate of drug-likeness (QED) is 0.343. The number of ether oxygens (including phenoxy) is 1. The van der Waals surface area contributed by atoms with Gasteiger partial charge in [0.2, 0.25) is 0 Å². The highest BCUT2D eigenvalue weighted by Crippen LogP contribution is 2.34. The van der Waals surface area contributed by atoms with Gasteiger partial charge in [-0.15, -0.1) is 0 Å². The van der Waals surface area contributed by atoms with Crippen molar-refractivity contribution in [1.82, 2.24) is 4.57 Å². The maximum absolute atomic E-state index is 13.8. The summed E-state index contributed by atoms with van der Waals surface area (Å²) in [5.41, 5.74) is -0.198. The summed E-state index contributed by atoms with van der Waals surface area (Å²) in [7, 11) is 0. The molecule has 182 valence electrons. The van der Waals surface area contributed by atoms with Crippen LogP contribution in [-0.4, -0.2) is 9.67 Å². The largest absolute Gasteiger partial charge is 0.508 e. The summed E-state index contributed by atoms with van der Waals surface area (Å²) in [4.78, 5) is 13.2. The van der Waals surface area contributed by atoms with Crippen molar-refractivity contribution in [3.05, 3.63) is 111 Å². The van der Waals surface area contributed by atoms with E-state index < -0.39 is 22.9 Å². The van der Waals surface area contributed by atoms with Crippen molar-refractivity contribution in [3.8, 4) is 34.6 Å². The maximum atomic E-state index is 13.8. The third-order valence-corrected chi connectivity index (χ3v) is 5.77. The van der Waals surface area contributed by atoms with Crippen LogP contribution in [0.4, 0.5) is 13.2 Å². The molecule has 0 unspecified atom stereocenters. The van der Waals surface area contributed by atoms with E-state index >= 15 is 0 Å². The first-order chi connectivity index (χ1) is 17.1. The van der Waals surface area contributed by atoms with Gasteiger partial charge in [-0.1, -0.05) is 23.8 Å². The van der Waals surface area contributed by atoms with Crippen LogP contribution in [0.5, 0.6) is 17.2 Å². The van der Waals surface area contributed by atoms with Gasteiger partial charge in [0, 0.05) is 0 Å². The van der Waals surface area contributed by atoms with Crippen LogP contribution < -0.4 is 10.3 Å². The fourth-order valence-corrected chi connectivity index (χ4v) is 3.91. The van der Waals surface area contributed by atoms with Crippen LogP contribution in [-0.2, 0) is 12.7 Å². The molecule has 1 N–H and O–H groups in total. The summed E-state index contributed by atoms with van der Waals surface area (Å²) < 4.78 is 48.2. The highest BCUT2D eigenvalue weighted by molar-refractivity contribution is 5.64. The van der Waals surface area contributed by atoms with E-state index in [0.717, 1.165) is 22.8 Å². The minimum absolute atomic E-state index is 0.00113. The molecule has 5 nitrogen and oxygen atoms in total. The lowest BCUT2D eigenvalue weighted by molar-refractivity contribution is -0.137. The van der Waals surface area contributed by atoms with Crippen LogP contribution in [0.25, 0.3) is 11.3 Å². The zero-order chi connectivity index (χ0) is 26.0. The van der Waals surface area contributed by atoms with Gasteiger partial charge >= 0.3 is 6.18 Å². The molecule has 0 saturated heterocycles. The van der Waals surface area contributed by atoms with Crippen molar-refractivity contribution in [2.45, 2.75) is 26.6 Å². The van der Waals surface area contributed by atoms with Crippen molar-refractivity contribution in [1.29, 1.82) is 5.26 Å². The molecule has 8 heteroatoms. The van der Waals surface area contributed by atoms with Gasteiger partial charge in [-0.25, -0.2) is 0 Å². The lowest BCUT2D eigenvalue weighted by Crippen LogP contribution is -2.29. The molecule has 0 bridgehead atoms. The Kier molecular flexibility index (Phi) is 6.58. The summed E-state index contributed by atoms with van der Waals surface area (Å²) >= 11 is 0. The second kappa shape index (κ2) is 9.62. The summed E-state index contributed by atoms with van der Waals surface area (Å²) in [6.45, 7) is 3.78. The number of aromatic hydroxyl groups is 1. The molecule has 1 heterocycles. The van der Waals surface area contributed by atoms with E-state index in [2.05, 4.69) is 0 Å². The second-order valence-electron chi connectivity index (χ2n) is 8.37. The maximum Gasteiger partial charge on any atom is 0.417 e. The zero-order valence-electron chi connectivity index (χ0n) is 19.4. The van der Waals surface area contributed by atoms with Crippen LogP contribution in [0.3, 0.4) is 0 Å². The Labute approximate surface area is 205 Å². The normalized spacial score (nSPS) is 11.2. The molecule has 0 radical (unpaired) electrons. The number of aryl methyl sites for hydroxylation is 2. The Morgan fingerprint density at radius 1 is 0.944 bits per heavy atom. The monoisotopic (exact) mass is 490 g/mol. The number of hydrogen-bond donors (Lipinski definition) is 1. The van der Waals surface area contributed by atoms with E-state index in [4.69, 9.17) is 4.74 Å². The van der Waals surface area contributed by atoms with Gasteiger partial charge in [0.05, 0.1) is 17.8 Å². The van der Waals surface area contributed by atoms with Crippen LogP contribution >= 0.6 is 0 Å². The van der Waals surface area contributed by atoms with Gasteiger partial charge in [0.25, 0.3) is 5.56 Å². The number of aromatic nitrogens is 1. The molecule has 4 rings (SSSR count). The molecule has 1 aromatic heterocycles. The average molecular weight is 490 g/mol. The van der Waals surface area contributed by atoms with Gasteiger partial charge in [-0.2, -0.15) is 18.4 Å². The molecule has 0 amide bonds. The summed E-state index contributed by atoms with van der Waals surface area (Å²) in [6.07, 6.45) is -4.88. The van der Waals surface area contributed by atoms with Crippen molar-refractivity contribution in [2.24, 2.45) is 0 Å². The van der Waals surface area contributed by atoms with E-state index in [1.54, 1.807) is 36.4 Å². The Hall–Kier alpha value is -4.51. The lowest BCUT2D eigenvalue weighted by Gasteiger charge is -2.19. The molecule has 36 heavy (non-hydrogen) atoms. The van der Waals surface area contributed by atoms with Crippen molar-refractivity contribution >= 4 is 0 Å². The van der Waals surface area contributed by atoms with Gasteiger partial charge < -0.3 is 14.4 Å². The SMILES string of the molecule is Cc1ccc(Cn2c(-c3ccc(Oc4ccc(O)cc4)cc3)cc(C(F)(F)F)c(C#N)c2=O)c(C)c1. The first kappa shape index (κ1) is 24.6. The molecule has 0 aliphatic heterocycles. The minimum Gasteiger partial charge on any atom is -0.508 e. The van der Waals surface area contributed by atoms with E-state index in [1.165, 1.54) is 22.8 Å². The first-order valence-electron chi connectivity index (χ1n) is 11.0. The van der Waals surface area contributed by atoms with Gasteiger partial charge in [-0.3, -0.25) is 4.79 Å². The first-order valence-corrected chi connectivity index (χ1v) is 11.0. The van der Waals surface area contributed by atoms with Gasteiger partial charge in [0.15, 0.2) is 0 Å². The van der Waals surface area contributed by atoms with Crippen LogP contribution in [0.2, 0.25) is 0 Å². The minimum atomic E-state index is -4.88. The fourth-order valence-electron chi connectivity index (χ4n) is 3.91. The predicted molar refractivity (Wildman–Crippen MR) is 129 cm³/mol. The molecular weight excluding hydrogens is 469 g/mol. The Morgan fingerprint density at radius 2 is 1.56 bits per heavy atom. The van der Waals surface area contributed by atoms with Crippen LogP contribution in [0.1, 0.15) is 27.8 Å². The van der Waals surface area contributed by atoms with Crippen molar-refractivity contribution in [2.75, 3.05) is 0 Å². The summed E-state index contributed by atoms with van der Waals surface area (Å²) in [5.74, 6) is 0.961. The van der Waals surface area contributed by atoms with E-state index in [9.17, 15) is 28.3 Å². The molecule has 3 aromatic carbocycles. The molecule has 0 spiro atoms. The fraction of sp³-hybridized carbons (Fsp3) is 0.143. The highest BCUT2D eigenvalue weighted by Gasteiger charge is 2.36. The number of nitriles is 1. The molecule has 0 aliphatic rings. The van der Waals surface area contributed by atoms with Crippen LogP contribution in [0.15, 0.2) is 77.6 Å². The number of halogens is 3. The third kappa shape index (κ3) is 5.10. The number of phenols is 1. The molecule has 0 aliphatic carbocycles. The third-order valence-electron chi connectivity index (χ3n) is 5.77. The standard InChI is InChI=1S/C28H21F3N2O3/c1-17-3-4-20(18(2)13-17)16-33-26(14-25(28(29,30)31)24(15-32)27(33)35)19-5-9-22(10-6-19)36-23-11-7-21(34)8-12-23/h3-14,34H,16H2,1-2H3. The number of nitrogens with zero attached hydrogens (tertiary/aromatic N) is 2. The Balaban J connectivity index is 1.82. The lowest BCUT2D eigenvalue weighted by atomic mass is 10.0. The Morgan fingerprint density at radius 3 is 2.11 bits per heavy atom. The van der Waals surface area contributed by atoms with Crippen molar-refractivity contribution < 1.29 is 23.0 Å². The molecule has 0 atom stereocenters. The van der Waals surface area contributed by atoms with Gasteiger partial charge in [-0.05, 0) is 85.1 Å². The van der Waals surface area contributed by atoms with E-state index in [-0.39, 0.29) is 18.0 Å². The van der Waals surface area contributed by atoms with Crippen LogP contribution in [0, 0.1) is 25.2 Å². The number of benzene rings is 3. The number of alkyl halides is 3. The van der Waals surface area contributed by atoms with E-state index in [1.807, 2.05) is 32.0 Å². The number of phenolic OH excluding ortho intramolecular Hbond substituents is 1. The average Bonchev–Trinajstić information content (AvgIpc) is 2.83. The molecular formula is C28H21F3N2O3. The molecule has 0 saturated carbocycles. The molecule has 0 fully saturated rings. The van der Waals surface area contributed by atoms with Crippen molar-refractivity contribution in [3.63, 3.8) is 0 Å². The summed E-state index contributed by atoms with van der Waals surface area (Å²) in [6, 6.07) is 20.2. The Bertz CT molecular complexity index is 1510. The number of rotatable bonds is 5. The second-order valence-corrected chi connectivity index (χ2v) is 8.37. The van der Waals surface area contributed by atoms with E-state index in [0.29, 0.717) is 17.1 Å². The number of pyridine rings is 1. The smallest absolute Gasteiger partial charge is 0.417 e.